The minimum absolute atomic E-state index is 0.0116. The van der Waals surface area contributed by atoms with Crippen molar-refractivity contribution in [1.82, 2.24) is 10.3 Å². The summed E-state index contributed by atoms with van der Waals surface area (Å²) >= 11 is 0. The number of hydrogen-bond donors (Lipinski definition) is 4. The molecule has 2 aliphatic rings. The minimum atomic E-state index is -0.541. The van der Waals surface area contributed by atoms with Crippen molar-refractivity contribution in [1.29, 1.82) is 0 Å². The quantitative estimate of drug-likeness (QED) is 0.123. The van der Waals surface area contributed by atoms with Crippen LogP contribution in [0, 0.1) is 11.8 Å². The van der Waals surface area contributed by atoms with E-state index < -0.39 is 11.3 Å². The van der Waals surface area contributed by atoms with Crippen LogP contribution in [0.25, 0.3) is 33.4 Å². The minimum Gasteiger partial charge on any atom is -0.508 e. The summed E-state index contributed by atoms with van der Waals surface area (Å²) in [6, 6.07) is 28.4. The Bertz CT molecular complexity index is 2400. The van der Waals surface area contributed by atoms with Crippen molar-refractivity contribution in [2.24, 2.45) is 0 Å². The molecule has 4 aromatic carbocycles. The number of ether oxygens (including phenoxy) is 2. The number of phenolic OH excluding ortho intramolecular Hbond substituents is 2. The van der Waals surface area contributed by atoms with Crippen LogP contribution in [0.1, 0.15) is 35.2 Å². The lowest BCUT2D eigenvalue weighted by molar-refractivity contribution is 0.286. The zero-order chi connectivity index (χ0) is 36.5. The van der Waals surface area contributed by atoms with E-state index in [-0.39, 0.29) is 52.4 Å². The fourth-order valence-corrected chi connectivity index (χ4v) is 7.42. The molecule has 2 aliphatic heterocycles. The first-order valence-electron chi connectivity index (χ1n) is 18.1. The summed E-state index contributed by atoms with van der Waals surface area (Å²) < 4.78 is 19.1. The summed E-state index contributed by atoms with van der Waals surface area (Å²) in [7, 11) is 1.46. The lowest BCUT2D eigenvalue weighted by atomic mass is 9.88. The molecule has 0 spiro atoms. The summed E-state index contributed by atoms with van der Waals surface area (Å²) in [6.07, 6.45) is 1.95. The molecule has 0 radical (unpaired) electrons. The molecule has 6 aromatic rings. The standard InChI is InChI=1S/C44H41N3O6/c1-3-32-24-35-30-11-7-10-28(22-30)23-31(12-15-33-26-47(20-19-45-33)44(35)46-32)38-41-39(36(49)25-37(53-41)29-13-16-34(48)17-14-29)40(50)43(51-2)42(38)52-21-18-27-8-5-4-6-9-27/h4-11,13-14,16-17,22,24-25,31,33,45-46,48,50H,3,18-21,23,26H2,1-2H3. The van der Waals surface area contributed by atoms with Crippen LogP contribution in [0.5, 0.6) is 23.0 Å². The van der Waals surface area contributed by atoms with Crippen molar-refractivity contribution in [2.75, 3.05) is 38.3 Å². The molecule has 1 saturated heterocycles. The van der Waals surface area contributed by atoms with E-state index in [1.807, 2.05) is 30.3 Å². The van der Waals surface area contributed by atoms with Gasteiger partial charge < -0.3 is 39.3 Å². The number of piperazine rings is 1. The molecule has 9 nitrogen and oxygen atoms in total. The fourth-order valence-electron chi connectivity index (χ4n) is 7.42. The number of phenols is 2. The van der Waals surface area contributed by atoms with Crippen molar-refractivity contribution in [3.05, 3.63) is 124 Å². The number of nitrogens with zero attached hydrogens (tertiary/aromatic N) is 1. The summed E-state index contributed by atoms with van der Waals surface area (Å²) in [5.74, 6) is 8.06. The normalized spacial score (nSPS) is 16.5. The molecule has 53 heavy (non-hydrogen) atoms. The molecular formula is C44H41N3O6. The number of fused-ring (bicyclic) bond motifs is 8. The van der Waals surface area contributed by atoms with Crippen LogP contribution in [0.2, 0.25) is 0 Å². The van der Waals surface area contributed by atoms with Crippen LogP contribution in [0.15, 0.2) is 100 Å². The number of H-pyrrole nitrogens is 1. The van der Waals surface area contributed by atoms with E-state index in [4.69, 9.17) is 13.9 Å². The molecule has 4 heterocycles. The molecule has 0 saturated carbocycles. The molecular weight excluding hydrogens is 666 g/mol. The van der Waals surface area contributed by atoms with Crippen LogP contribution in [-0.2, 0) is 19.3 Å². The number of methoxy groups -OCH3 is 1. The summed E-state index contributed by atoms with van der Waals surface area (Å²) in [4.78, 5) is 20.0. The first-order valence-corrected chi connectivity index (χ1v) is 18.1. The van der Waals surface area contributed by atoms with Crippen LogP contribution >= 0.6 is 0 Å². The van der Waals surface area contributed by atoms with Crippen molar-refractivity contribution < 1.29 is 24.1 Å². The predicted octanol–water partition coefficient (Wildman–Crippen LogP) is 7.18. The van der Waals surface area contributed by atoms with E-state index in [1.165, 1.54) is 31.0 Å². The van der Waals surface area contributed by atoms with Gasteiger partial charge in [-0.3, -0.25) is 4.79 Å². The lowest BCUT2D eigenvalue weighted by Gasteiger charge is -2.33. The summed E-state index contributed by atoms with van der Waals surface area (Å²) in [6.45, 7) is 4.70. The molecule has 268 valence electrons. The third kappa shape index (κ3) is 6.70. The highest BCUT2D eigenvalue weighted by atomic mass is 16.5. The Morgan fingerprint density at radius 3 is 2.57 bits per heavy atom. The van der Waals surface area contributed by atoms with Gasteiger partial charge in [0, 0.05) is 48.9 Å². The summed E-state index contributed by atoms with van der Waals surface area (Å²) in [5, 5.41) is 25.2. The highest BCUT2D eigenvalue weighted by Crippen LogP contribution is 2.49. The molecule has 4 bridgehead atoms. The highest BCUT2D eigenvalue weighted by Gasteiger charge is 2.31. The first kappa shape index (κ1) is 34.0. The third-order valence-electron chi connectivity index (χ3n) is 10.1. The molecule has 0 aliphatic carbocycles. The van der Waals surface area contributed by atoms with Gasteiger partial charge in [0.25, 0.3) is 0 Å². The Labute approximate surface area is 307 Å². The van der Waals surface area contributed by atoms with Crippen LogP contribution in [0.3, 0.4) is 0 Å². The number of rotatable bonds is 8. The van der Waals surface area contributed by atoms with Gasteiger partial charge in [-0.05, 0) is 59.9 Å². The van der Waals surface area contributed by atoms with Crippen LogP contribution in [-0.4, -0.2) is 54.6 Å². The highest BCUT2D eigenvalue weighted by molar-refractivity contribution is 5.93. The Hall–Kier alpha value is -6.11. The van der Waals surface area contributed by atoms with Gasteiger partial charge in [-0.15, -0.1) is 0 Å². The zero-order valence-corrected chi connectivity index (χ0v) is 29.7. The Balaban J connectivity index is 1.35. The number of anilines is 1. The molecule has 4 N–H and O–H groups in total. The largest absolute Gasteiger partial charge is 0.508 e. The number of aromatic hydroxyl groups is 2. The lowest BCUT2D eigenvalue weighted by Crippen LogP contribution is -2.50. The van der Waals surface area contributed by atoms with Gasteiger partial charge in [0.15, 0.2) is 22.5 Å². The molecule has 1 fully saturated rings. The van der Waals surface area contributed by atoms with E-state index in [2.05, 4.69) is 64.3 Å². The monoisotopic (exact) mass is 707 g/mol. The van der Waals surface area contributed by atoms with E-state index in [0.29, 0.717) is 30.5 Å². The average molecular weight is 708 g/mol. The SMILES string of the molecule is CCc1cc2c([nH]1)N1CCNC(C#CC(c3c(OCCc4ccccc4)c(OC)c(O)c4c(=O)cc(-c5ccc(O)cc5)oc34)Cc3cccc-2c3)C1. The van der Waals surface area contributed by atoms with Crippen LogP contribution < -0.4 is 25.1 Å². The second-order valence-electron chi connectivity index (χ2n) is 13.5. The average Bonchev–Trinajstić information content (AvgIpc) is 3.62. The fraction of sp³-hybridized carbons (Fsp3) is 0.250. The molecule has 8 rings (SSSR count). The number of aromatic nitrogens is 1. The molecule has 9 heteroatoms. The maximum atomic E-state index is 14.0. The van der Waals surface area contributed by atoms with Gasteiger partial charge >= 0.3 is 0 Å². The molecule has 2 aromatic heterocycles. The first-order chi connectivity index (χ1) is 25.9. The Morgan fingerprint density at radius 1 is 0.943 bits per heavy atom. The van der Waals surface area contributed by atoms with Crippen molar-refractivity contribution in [3.8, 4) is 57.3 Å². The number of benzene rings is 4. The molecule has 2 atom stereocenters. The zero-order valence-electron chi connectivity index (χ0n) is 29.7. The maximum Gasteiger partial charge on any atom is 0.204 e. The van der Waals surface area contributed by atoms with E-state index >= 15 is 0 Å². The topological polar surface area (TPSA) is 120 Å². The van der Waals surface area contributed by atoms with Gasteiger partial charge in [-0.25, -0.2) is 0 Å². The summed E-state index contributed by atoms with van der Waals surface area (Å²) in [5.41, 5.74) is 6.40. The molecule has 0 amide bonds. The number of nitrogens with one attached hydrogen (secondary N) is 2. The second kappa shape index (κ2) is 14.5. The van der Waals surface area contributed by atoms with Crippen LogP contribution in [0.4, 0.5) is 5.82 Å². The maximum absolute atomic E-state index is 14.0. The molecule has 2 unspecified atom stereocenters. The Morgan fingerprint density at radius 2 is 1.77 bits per heavy atom. The third-order valence-corrected chi connectivity index (χ3v) is 10.1. The number of hydrogen-bond acceptors (Lipinski definition) is 8. The van der Waals surface area contributed by atoms with E-state index in [0.717, 1.165) is 47.6 Å². The smallest absolute Gasteiger partial charge is 0.204 e. The van der Waals surface area contributed by atoms with Gasteiger partial charge in [-0.2, -0.15) is 0 Å². The number of aryl methyl sites for hydroxylation is 1. The van der Waals surface area contributed by atoms with E-state index in [1.54, 1.807) is 12.1 Å². The van der Waals surface area contributed by atoms with Crippen molar-refractivity contribution in [3.63, 3.8) is 0 Å². The number of aromatic amines is 1. The van der Waals surface area contributed by atoms with E-state index in [9.17, 15) is 15.0 Å². The van der Waals surface area contributed by atoms with Crippen molar-refractivity contribution in [2.45, 2.75) is 38.1 Å². The second-order valence-corrected chi connectivity index (χ2v) is 13.5. The van der Waals surface area contributed by atoms with Gasteiger partial charge in [-0.1, -0.05) is 73.4 Å². The van der Waals surface area contributed by atoms with Gasteiger partial charge in [0.05, 0.1) is 31.2 Å². The van der Waals surface area contributed by atoms with Crippen molar-refractivity contribution >= 4 is 16.8 Å². The van der Waals surface area contributed by atoms with Gasteiger partial charge in [0.2, 0.25) is 5.75 Å². The Kier molecular flexibility index (Phi) is 9.30. The predicted molar refractivity (Wildman–Crippen MR) is 207 cm³/mol. The van der Waals surface area contributed by atoms with Gasteiger partial charge in [0.1, 0.15) is 22.7 Å².